The van der Waals surface area contributed by atoms with Crippen molar-refractivity contribution in [2.45, 2.75) is 46.2 Å². The zero-order valence-corrected chi connectivity index (χ0v) is 13.2. The maximum atomic E-state index is 10.6. The van der Waals surface area contributed by atoms with Crippen molar-refractivity contribution in [3.63, 3.8) is 0 Å². The topological polar surface area (TPSA) is 67.8 Å². The highest BCUT2D eigenvalue weighted by Crippen LogP contribution is 2.28. The standard InChI is InChI=1S/C16H25NO4/c1-5-16(3,4)17-10-12-7-8-13(21-11-15(18)19)14(9-12)20-6-2/h7-9,17H,5-6,10-11H2,1-4H3,(H,18,19). The molecule has 21 heavy (non-hydrogen) atoms. The molecular formula is C16H25NO4. The highest BCUT2D eigenvalue weighted by molar-refractivity contribution is 5.68. The van der Waals surface area contributed by atoms with E-state index in [9.17, 15) is 4.79 Å². The third-order valence-electron chi connectivity index (χ3n) is 3.31. The predicted molar refractivity (Wildman–Crippen MR) is 82.0 cm³/mol. The van der Waals surface area contributed by atoms with Crippen LogP contribution in [0.1, 0.15) is 39.7 Å². The minimum atomic E-state index is -1.01. The van der Waals surface area contributed by atoms with E-state index in [1.165, 1.54) is 0 Å². The van der Waals surface area contributed by atoms with E-state index in [1.807, 2.05) is 19.1 Å². The molecule has 0 unspecified atom stereocenters. The van der Waals surface area contributed by atoms with Gasteiger partial charge in [0.1, 0.15) is 0 Å². The van der Waals surface area contributed by atoms with Crippen LogP contribution >= 0.6 is 0 Å². The first kappa shape index (κ1) is 17.3. The summed E-state index contributed by atoms with van der Waals surface area (Å²) in [6.45, 7) is 9.18. The first-order chi connectivity index (χ1) is 9.88. The Bertz CT molecular complexity index is 471. The van der Waals surface area contributed by atoms with Gasteiger partial charge in [-0.25, -0.2) is 4.79 Å². The zero-order valence-electron chi connectivity index (χ0n) is 13.2. The summed E-state index contributed by atoms with van der Waals surface area (Å²) < 4.78 is 10.8. The van der Waals surface area contributed by atoms with Gasteiger partial charge in [-0.15, -0.1) is 0 Å². The van der Waals surface area contributed by atoms with Crippen LogP contribution in [0.15, 0.2) is 18.2 Å². The smallest absolute Gasteiger partial charge is 0.341 e. The normalized spacial score (nSPS) is 11.2. The fourth-order valence-corrected chi connectivity index (χ4v) is 1.66. The Morgan fingerprint density at radius 3 is 2.52 bits per heavy atom. The van der Waals surface area contributed by atoms with Gasteiger partial charge in [-0.2, -0.15) is 0 Å². The largest absolute Gasteiger partial charge is 0.490 e. The van der Waals surface area contributed by atoms with Gasteiger partial charge in [-0.3, -0.25) is 0 Å². The maximum Gasteiger partial charge on any atom is 0.341 e. The molecule has 1 aromatic carbocycles. The number of aliphatic carboxylic acids is 1. The van der Waals surface area contributed by atoms with Gasteiger partial charge in [0.25, 0.3) is 0 Å². The summed E-state index contributed by atoms with van der Waals surface area (Å²) in [5.41, 5.74) is 1.15. The molecule has 0 saturated heterocycles. The Balaban J connectivity index is 2.79. The number of ether oxygens (including phenoxy) is 2. The monoisotopic (exact) mass is 295 g/mol. The van der Waals surface area contributed by atoms with Crippen molar-refractivity contribution in [1.29, 1.82) is 0 Å². The lowest BCUT2D eigenvalue weighted by Gasteiger charge is -2.24. The molecule has 118 valence electrons. The second kappa shape index (κ2) is 7.88. The van der Waals surface area contributed by atoms with Crippen molar-refractivity contribution in [2.24, 2.45) is 0 Å². The van der Waals surface area contributed by atoms with Crippen LogP contribution in [0.4, 0.5) is 0 Å². The van der Waals surface area contributed by atoms with Crippen LogP contribution in [0, 0.1) is 0 Å². The fourth-order valence-electron chi connectivity index (χ4n) is 1.66. The fraction of sp³-hybridized carbons (Fsp3) is 0.562. The molecule has 0 aromatic heterocycles. The summed E-state index contributed by atoms with van der Waals surface area (Å²) in [6.07, 6.45) is 1.03. The quantitative estimate of drug-likeness (QED) is 0.733. The molecule has 0 saturated carbocycles. The van der Waals surface area contributed by atoms with Crippen LogP contribution < -0.4 is 14.8 Å². The minimum Gasteiger partial charge on any atom is -0.490 e. The average molecular weight is 295 g/mol. The van der Waals surface area contributed by atoms with Gasteiger partial charge in [0.15, 0.2) is 18.1 Å². The molecule has 5 nitrogen and oxygen atoms in total. The summed E-state index contributed by atoms with van der Waals surface area (Å²) >= 11 is 0. The first-order valence-electron chi connectivity index (χ1n) is 7.23. The number of carboxylic acids is 1. The molecule has 0 fully saturated rings. The van der Waals surface area contributed by atoms with Crippen molar-refractivity contribution >= 4 is 5.97 Å². The lowest BCUT2D eigenvalue weighted by Crippen LogP contribution is -2.37. The molecule has 0 spiro atoms. The van der Waals surface area contributed by atoms with Crippen molar-refractivity contribution in [1.82, 2.24) is 5.32 Å². The summed E-state index contributed by atoms with van der Waals surface area (Å²) in [5, 5.41) is 12.1. The van der Waals surface area contributed by atoms with Crippen molar-refractivity contribution in [3.8, 4) is 11.5 Å². The van der Waals surface area contributed by atoms with Crippen LogP contribution in [0.25, 0.3) is 0 Å². The summed E-state index contributed by atoms with van der Waals surface area (Å²) in [7, 11) is 0. The van der Waals surface area contributed by atoms with E-state index in [-0.39, 0.29) is 12.1 Å². The Hall–Kier alpha value is -1.75. The van der Waals surface area contributed by atoms with Crippen LogP contribution in [-0.4, -0.2) is 29.8 Å². The van der Waals surface area contributed by atoms with Gasteiger partial charge >= 0.3 is 5.97 Å². The first-order valence-corrected chi connectivity index (χ1v) is 7.23. The molecule has 0 bridgehead atoms. The second-order valence-corrected chi connectivity index (χ2v) is 5.49. The van der Waals surface area contributed by atoms with Gasteiger partial charge in [0.2, 0.25) is 0 Å². The number of hydrogen-bond donors (Lipinski definition) is 2. The number of nitrogens with one attached hydrogen (secondary N) is 1. The summed E-state index contributed by atoms with van der Waals surface area (Å²) in [6, 6.07) is 5.56. The summed E-state index contributed by atoms with van der Waals surface area (Å²) in [5.74, 6) is 0.0259. The molecule has 0 atom stereocenters. The number of carboxylic acid groups (broad SMARTS) is 1. The zero-order chi connectivity index (χ0) is 15.9. The van der Waals surface area contributed by atoms with E-state index in [4.69, 9.17) is 14.6 Å². The van der Waals surface area contributed by atoms with Gasteiger partial charge in [0.05, 0.1) is 6.61 Å². The molecule has 0 radical (unpaired) electrons. The third-order valence-corrected chi connectivity index (χ3v) is 3.31. The van der Waals surface area contributed by atoms with E-state index in [0.717, 1.165) is 18.5 Å². The maximum absolute atomic E-state index is 10.6. The Morgan fingerprint density at radius 2 is 1.95 bits per heavy atom. The highest BCUT2D eigenvalue weighted by Gasteiger charge is 2.14. The second-order valence-electron chi connectivity index (χ2n) is 5.49. The van der Waals surface area contributed by atoms with Crippen molar-refractivity contribution < 1.29 is 19.4 Å². The van der Waals surface area contributed by atoms with Crippen molar-refractivity contribution in [3.05, 3.63) is 23.8 Å². The van der Waals surface area contributed by atoms with Gasteiger partial charge < -0.3 is 19.9 Å². The Kier molecular flexibility index (Phi) is 6.49. The van der Waals surface area contributed by atoms with Crippen LogP contribution in [0.2, 0.25) is 0 Å². The van der Waals surface area contributed by atoms with Gasteiger partial charge in [-0.1, -0.05) is 13.0 Å². The predicted octanol–water partition coefficient (Wildman–Crippen LogP) is 2.83. The number of rotatable bonds is 9. The molecular weight excluding hydrogens is 270 g/mol. The van der Waals surface area contributed by atoms with E-state index < -0.39 is 5.97 Å². The van der Waals surface area contributed by atoms with E-state index in [2.05, 4.69) is 26.1 Å². The molecule has 5 heteroatoms. The molecule has 0 aliphatic heterocycles. The molecule has 1 rings (SSSR count). The molecule has 0 aliphatic carbocycles. The van der Waals surface area contributed by atoms with Crippen LogP contribution in [0.5, 0.6) is 11.5 Å². The summed E-state index contributed by atoms with van der Waals surface area (Å²) in [4.78, 5) is 10.6. The molecule has 1 aromatic rings. The van der Waals surface area contributed by atoms with Crippen molar-refractivity contribution in [2.75, 3.05) is 13.2 Å². The van der Waals surface area contributed by atoms with E-state index in [1.54, 1.807) is 6.07 Å². The van der Waals surface area contributed by atoms with E-state index in [0.29, 0.717) is 18.1 Å². The van der Waals surface area contributed by atoms with E-state index >= 15 is 0 Å². The SMILES string of the molecule is CCOc1cc(CNC(C)(C)CC)ccc1OCC(=O)O. The van der Waals surface area contributed by atoms with Crippen LogP contribution in [-0.2, 0) is 11.3 Å². The lowest BCUT2D eigenvalue weighted by atomic mass is 10.0. The molecule has 0 aliphatic rings. The third kappa shape index (κ3) is 6.04. The Labute approximate surface area is 126 Å². The molecule has 2 N–H and O–H groups in total. The van der Waals surface area contributed by atoms with Gasteiger partial charge in [0, 0.05) is 12.1 Å². The number of carbonyl (C=O) groups is 1. The minimum absolute atomic E-state index is 0.0737. The van der Waals surface area contributed by atoms with Crippen LogP contribution in [0.3, 0.4) is 0 Å². The van der Waals surface area contributed by atoms with Gasteiger partial charge in [-0.05, 0) is 44.9 Å². The lowest BCUT2D eigenvalue weighted by molar-refractivity contribution is -0.139. The average Bonchev–Trinajstić information content (AvgIpc) is 2.44. The number of hydrogen-bond acceptors (Lipinski definition) is 4. The molecule has 0 heterocycles. The molecule has 0 amide bonds. The highest BCUT2D eigenvalue weighted by atomic mass is 16.5. The number of benzene rings is 1. The Morgan fingerprint density at radius 1 is 1.24 bits per heavy atom.